The molecule has 4 rings (SSSR count). The Kier molecular flexibility index (Phi) is 5.55. The quantitative estimate of drug-likeness (QED) is 0.723. The molecular weight excluding hydrogens is 353 g/mol. The summed E-state index contributed by atoms with van der Waals surface area (Å²) < 4.78 is 15.4. The fourth-order valence-corrected chi connectivity index (χ4v) is 4.08. The van der Waals surface area contributed by atoms with E-state index in [0.717, 1.165) is 49.4 Å². The minimum Gasteiger partial charge on any atom is -0.385 e. The topological polar surface area (TPSA) is 41.3 Å². The van der Waals surface area contributed by atoms with Crippen molar-refractivity contribution in [3.8, 4) is 11.1 Å². The second-order valence-electron chi connectivity index (χ2n) is 7.67. The van der Waals surface area contributed by atoms with Crippen molar-refractivity contribution in [3.63, 3.8) is 0 Å². The predicted molar refractivity (Wildman–Crippen MR) is 108 cm³/mol. The number of rotatable bonds is 5. The highest BCUT2D eigenvalue weighted by atomic mass is 19.1. The molecule has 0 bridgehead atoms. The average molecular weight is 379 g/mol. The number of nitrogens with zero attached hydrogens (tertiary/aromatic N) is 3. The van der Waals surface area contributed by atoms with Crippen LogP contribution in [-0.4, -0.2) is 32.6 Å². The summed E-state index contributed by atoms with van der Waals surface area (Å²) in [4.78, 5) is 6.72. The standard InChI is InChI=1S/C23H26FN3O/c1-26-13-10-25-23(26)22(28)18-8-11-27(12-9-18)16-17-4-2-5-19(14-17)20-6-3-7-21(24)15-20/h2-7,10,13-15,18,22,28H,8-9,11-12,16H2,1H3. The van der Waals surface area contributed by atoms with Gasteiger partial charge >= 0.3 is 0 Å². The summed E-state index contributed by atoms with van der Waals surface area (Å²) in [5.74, 6) is 0.786. The largest absolute Gasteiger partial charge is 0.385 e. The van der Waals surface area contributed by atoms with Gasteiger partial charge in [-0.3, -0.25) is 4.90 Å². The molecule has 1 fully saturated rings. The Hall–Kier alpha value is -2.50. The van der Waals surface area contributed by atoms with Crippen molar-refractivity contribution in [1.82, 2.24) is 14.5 Å². The molecule has 1 aliphatic heterocycles. The third kappa shape index (κ3) is 4.16. The smallest absolute Gasteiger partial charge is 0.137 e. The first kappa shape index (κ1) is 18.8. The Bertz CT molecular complexity index is 931. The first-order valence-electron chi connectivity index (χ1n) is 9.82. The lowest BCUT2D eigenvalue weighted by molar-refractivity contribution is 0.0492. The number of aliphatic hydroxyl groups excluding tert-OH is 1. The Balaban J connectivity index is 1.37. The van der Waals surface area contributed by atoms with Crippen LogP contribution in [0.5, 0.6) is 0 Å². The number of likely N-dealkylation sites (tertiary alicyclic amines) is 1. The van der Waals surface area contributed by atoms with E-state index in [4.69, 9.17) is 0 Å². The van der Waals surface area contributed by atoms with Gasteiger partial charge in [0.25, 0.3) is 0 Å². The summed E-state index contributed by atoms with van der Waals surface area (Å²) in [5.41, 5.74) is 3.17. The van der Waals surface area contributed by atoms with Crippen LogP contribution >= 0.6 is 0 Å². The monoisotopic (exact) mass is 379 g/mol. The van der Waals surface area contributed by atoms with E-state index in [9.17, 15) is 9.50 Å². The zero-order valence-corrected chi connectivity index (χ0v) is 16.1. The van der Waals surface area contributed by atoms with Gasteiger partial charge in [0.1, 0.15) is 17.7 Å². The van der Waals surface area contributed by atoms with Crippen LogP contribution in [0.1, 0.15) is 30.3 Å². The predicted octanol–water partition coefficient (Wildman–Crippen LogP) is 4.17. The van der Waals surface area contributed by atoms with Crippen LogP contribution in [0, 0.1) is 11.7 Å². The molecule has 2 heterocycles. The van der Waals surface area contributed by atoms with Gasteiger partial charge in [-0.2, -0.15) is 0 Å². The zero-order valence-electron chi connectivity index (χ0n) is 16.1. The Morgan fingerprint density at radius 1 is 1.11 bits per heavy atom. The van der Waals surface area contributed by atoms with Crippen molar-refractivity contribution in [1.29, 1.82) is 0 Å². The highest BCUT2D eigenvalue weighted by Crippen LogP contribution is 2.30. The number of halogens is 1. The fraction of sp³-hybridized carbons (Fsp3) is 0.348. The molecule has 0 spiro atoms. The highest BCUT2D eigenvalue weighted by Gasteiger charge is 2.28. The summed E-state index contributed by atoms with van der Waals surface area (Å²) >= 11 is 0. The van der Waals surface area contributed by atoms with E-state index < -0.39 is 6.10 Å². The molecule has 0 radical (unpaired) electrons. The minimum absolute atomic E-state index is 0.212. The number of aromatic nitrogens is 2. The van der Waals surface area contributed by atoms with Gasteiger partial charge in [-0.05, 0) is 66.7 Å². The van der Waals surface area contributed by atoms with Crippen LogP contribution in [0.25, 0.3) is 11.1 Å². The van der Waals surface area contributed by atoms with Crippen molar-refractivity contribution in [2.75, 3.05) is 13.1 Å². The van der Waals surface area contributed by atoms with E-state index in [0.29, 0.717) is 0 Å². The van der Waals surface area contributed by atoms with E-state index in [-0.39, 0.29) is 11.7 Å². The molecule has 1 N–H and O–H groups in total. The summed E-state index contributed by atoms with van der Waals surface area (Å²) in [6, 6.07) is 15.0. The Morgan fingerprint density at radius 2 is 1.82 bits per heavy atom. The maximum absolute atomic E-state index is 13.5. The molecule has 28 heavy (non-hydrogen) atoms. The third-order valence-corrected chi connectivity index (χ3v) is 5.69. The summed E-state index contributed by atoms with van der Waals surface area (Å²) in [6.07, 6.45) is 5.02. The zero-order chi connectivity index (χ0) is 19.5. The van der Waals surface area contributed by atoms with E-state index in [1.807, 2.05) is 36.0 Å². The molecular formula is C23H26FN3O. The molecule has 146 valence electrons. The van der Waals surface area contributed by atoms with Crippen LogP contribution in [0.4, 0.5) is 4.39 Å². The van der Waals surface area contributed by atoms with Crippen LogP contribution < -0.4 is 0 Å². The molecule has 2 aromatic carbocycles. The second kappa shape index (κ2) is 8.25. The van der Waals surface area contributed by atoms with Crippen LogP contribution in [-0.2, 0) is 13.6 Å². The lowest BCUT2D eigenvalue weighted by Crippen LogP contribution is -2.35. The summed E-state index contributed by atoms with van der Waals surface area (Å²) in [6.45, 7) is 2.78. The van der Waals surface area contributed by atoms with Gasteiger partial charge in [0, 0.05) is 26.0 Å². The molecule has 1 aliphatic rings. The molecule has 1 atom stereocenters. The van der Waals surface area contributed by atoms with E-state index in [1.165, 1.54) is 11.6 Å². The number of hydrogen-bond acceptors (Lipinski definition) is 3. The second-order valence-corrected chi connectivity index (χ2v) is 7.67. The van der Waals surface area contributed by atoms with Crippen molar-refractivity contribution in [2.24, 2.45) is 13.0 Å². The molecule has 3 aromatic rings. The van der Waals surface area contributed by atoms with E-state index >= 15 is 0 Å². The van der Waals surface area contributed by atoms with Crippen molar-refractivity contribution < 1.29 is 9.50 Å². The highest BCUT2D eigenvalue weighted by molar-refractivity contribution is 5.64. The number of aliphatic hydroxyl groups is 1. The molecule has 0 saturated carbocycles. The first-order chi connectivity index (χ1) is 13.6. The number of piperidine rings is 1. The molecule has 1 saturated heterocycles. The van der Waals surface area contributed by atoms with Crippen molar-refractivity contribution in [2.45, 2.75) is 25.5 Å². The molecule has 4 nitrogen and oxygen atoms in total. The minimum atomic E-state index is -0.501. The molecule has 0 aliphatic carbocycles. The van der Waals surface area contributed by atoms with E-state index in [2.05, 4.69) is 22.0 Å². The average Bonchev–Trinajstić information content (AvgIpc) is 3.14. The lowest BCUT2D eigenvalue weighted by atomic mass is 9.90. The molecule has 1 aromatic heterocycles. The molecule has 0 amide bonds. The van der Waals surface area contributed by atoms with Gasteiger partial charge in [-0.15, -0.1) is 0 Å². The molecule has 1 unspecified atom stereocenters. The SMILES string of the molecule is Cn1ccnc1C(O)C1CCN(Cc2cccc(-c3cccc(F)c3)c2)CC1. The van der Waals surface area contributed by atoms with Gasteiger partial charge < -0.3 is 9.67 Å². The number of benzene rings is 2. The van der Waals surface area contributed by atoms with Crippen molar-refractivity contribution in [3.05, 3.63) is 78.1 Å². The van der Waals surface area contributed by atoms with Crippen LogP contribution in [0.2, 0.25) is 0 Å². The summed E-state index contributed by atoms with van der Waals surface area (Å²) in [7, 11) is 1.92. The lowest BCUT2D eigenvalue weighted by Gasteiger charge is -2.34. The normalized spacial score (nSPS) is 17.0. The van der Waals surface area contributed by atoms with E-state index in [1.54, 1.807) is 18.3 Å². The van der Waals surface area contributed by atoms with Crippen LogP contribution in [0.3, 0.4) is 0 Å². The van der Waals surface area contributed by atoms with Gasteiger partial charge in [0.15, 0.2) is 0 Å². The third-order valence-electron chi connectivity index (χ3n) is 5.69. The number of hydrogen-bond donors (Lipinski definition) is 1. The van der Waals surface area contributed by atoms with Gasteiger partial charge in [0.05, 0.1) is 0 Å². The van der Waals surface area contributed by atoms with Gasteiger partial charge in [-0.1, -0.05) is 30.3 Å². The maximum Gasteiger partial charge on any atom is 0.137 e. The molecule has 5 heteroatoms. The Morgan fingerprint density at radius 3 is 2.50 bits per heavy atom. The Labute approximate surface area is 165 Å². The maximum atomic E-state index is 13.5. The van der Waals surface area contributed by atoms with Gasteiger partial charge in [-0.25, -0.2) is 9.37 Å². The van der Waals surface area contributed by atoms with Gasteiger partial charge in [0.2, 0.25) is 0 Å². The fourth-order valence-electron chi connectivity index (χ4n) is 4.08. The number of aryl methyl sites for hydroxylation is 1. The number of imidazole rings is 1. The van der Waals surface area contributed by atoms with Crippen LogP contribution in [0.15, 0.2) is 60.9 Å². The van der Waals surface area contributed by atoms with Crippen molar-refractivity contribution >= 4 is 0 Å². The summed E-state index contributed by atoms with van der Waals surface area (Å²) in [5, 5.41) is 10.6. The first-order valence-corrected chi connectivity index (χ1v) is 9.82.